The van der Waals surface area contributed by atoms with Gasteiger partial charge in [-0.1, -0.05) is 34.8 Å². The van der Waals surface area contributed by atoms with E-state index in [1.807, 2.05) is 0 Å². The molecule has 0 bridgehead atoms. The first-order chi connectivity index (χ1) is 7.70. The summed E-state index contributed by atoms with van der Waals surface area (Å²) < 4.78 is 5.08. The smallest absolute Gasteiger partial charge is 0.412 e. The highest BCUT2D eigenvalue weighted by molar-refractivity contribution is 6.49. The minimum absolute atomic E-state index is 0.185. The van der Waals surface area contributed by atoms with E-state index < -0.39 is 11.7 Å². The van der Waals surface area contributed by atoms with Crippen molar-refractivity contribution in [3.05, 3.63) is 27.2 Å². The van der Waals surface area contributed by atoms with Gasteiger partial charge in [0.05, 0.1) is 20.8 Å². The molecule has 1 N–H and O–H groups in total. The summed E-state index contributed by atoms with van der Waals surface area (Å²) in [6.07, 6.45) is -0.599. The van der Waals surface area contributed by atoms with Crippen LogP contribution in [0.3, 0.4) is 0 Å². The number of hydrogen-bond donors (Lipinski definition) is 1. The van der Waals surface area contributed by atoms with Crippen molar-refractivity contribution in [2.24, 2.45) is 0 Å². The Kier molecular flexibility index (Phi) is 4.53. The normalized spacial score (nSPS) is 11.2. The molecule has 1 amide bonds. The molecule has 0 aromatic heterocycles. The van der Waals surface area contributed by atoms with E-state index in [-0.39, 0.29) is 10.0 Å². The summed E-state index contributed by atoms with van der Waals surface area (Å²) in [5.74, 6) is 0. The largest absolute Gasteiger partial charge is 0.444 e. The van der Waals surface area contributed by atoms with Gasteiger partial charge < -0.3 is 4.74 Å². The lowest BCUT2D eigenvalue weighted by molar-refractivity contribution is 0.0636. The van der Waals surface area contributed by atoms with E-state index in [0.717, 1.165) is 0 Å². The highest BCUT2D eigenvalue weighted by Crippen LogP contribution is 2.35. The fraction of sp³-hybridized carbons (Fsp3) is 0.364. The van der Waals surface area contributed by atoms with E-state index in [9.17, 15) is 4.79 Å². The number of amides is 1. The monoisotopic (exact) mass is 295 g/mol. The third-order valence-corrected chi connectivity index (χ3v) is 2.96. The topological polar surface area (TPSA) is 38.3 Å². The molecule has 1 aromatic carbocycles. The van der Waals surface area contributed by atoms with Crippen molar-refractivity contribution < 1.29 is 9.53 Å². The molecule has 0 aliphatic carbocycles. The second-order valence-corrected chi connectivity index (χ2v) is 5.51. The molecule has 0 atom stereocenters. The zero-order valence-electron chi connectivity index (χ0n) is 9.61. The number of anilines is 1. The third kappa shape index (κ3) is 4.26. The summed E-state index contributed by atoms with van der Waals surface area (Å²) >= 11 is 17.5. The Morgan fingerprint density at radius 2 is 1.76 bits per heavy atom. The summed E-state index contributed by atoms with van der Waals surface area (Å²) in [5, 5.41) is 3.21. The van der Waals surface area contributed by atoms with Gasteiger partial charge in [0.1, 0.15) is 5.60 Å². The van der Waals surface area contributed by atoms with Gasteiger partial charge in [0.2, 0.25) is 0 Å². The maximum Gasteiger partial charge on any atom is 0.412 e. The average molecular weight is 297 g/mol. The lowest BCUT2D eigenvalue weighted by Gasteiger charge is -2.20. The van der Waals surface area contributed by atoms with E-state index in [0.29, 0.717) is 10.7 Å². The molecule has 0 fully saturated rings. The first kappa shape index (κ1) is 14.4. The van der Waals surface area contributed by atoms with E-state index in [2.05, 4.69) is 5.32 Å². The summed E-state index contributed by atoms with van der Waals surface area (Å²) in [7, 11) is 0. The molecule has 94 valence electrons. The number of halogens is 3. The van der Waals surface area contributed by atoms with Gasteiger partial charge in [-0.25, -0.2) is 4.79 Å². The van der Waals surface area contributed by atoms with Crippen LogP contribution in [-0.4, -0.2) is 11.7 Å². The zero-order valence-corrected chi connectivity index (χ0v) is 11.9. The average Bonchev–Trinajstić information content (AvgIpc) is 2.16. The lowest BCUT2D eigenvalue weighted by atomic mass is 10.2. The van der Waals surface area contributed by atoms with Crippen LogP contribution in [0, 0.1) is 0 Å². The molecule has 6 heteroatoms. The van der Waals surface area contributed by atoms with Crippen molar-refractivity contribution in [3.63, 3.8) is 0 Å². The first-order valence-electron chi connectivity index (χ1n) is 4.84. The summed E-state index contributed by atoms with van der Waals surface area (Å²) in [6.45, 7) is 5.30. The summed E-state index contributed by atoms with van der Waals surface area (Å²) in [6, 6.07) is 3.10. The summed E-state index contributed by atoms with van der Waals surface area (Å²) in [5.41, 5.74) is -0.220. The Morgan fingerprint density at radius 3 is 2.29 bits per heavy atom. The van der Waals surface area contributed by atoms with Crippen molar-refractivity contribution in [2.75, 3.05) is 5.32 Å². The highest BCUT2D eigenvalue weighted by Gasteiger charge is 2.18. The van der Waals surface area contributed by atoms with Crippen LogP contribution in [0.25, 0.3) is 0 Å². The van der Waals surface area contributed by atoms with Crippen LogP contribution < -0.4 is 5.32 Å². The van der Waals surface area contributed by atoms with E-state index >= 15 is 0 Å². The fourth-order valence-corrected chi connectivity index (χ4v) is 1.62. The zero-order chi connectivity index (χ0) is 13.2. The van der Waals surface area contributed by atoms with E-state index in [1.54, 1.807) is 32.9 Å². The van der Waals surface area contributed by atoms with Gasteiger partial charge in [-0.15, -0.1) is 0 Å². The fourth-order valence-electron chi connectivity index (χ4n) is 1.04. The van der Waals surface area contributed by atoms with E-state index in [1.165, 1.54) is 0 Å². The Morgan fingerprint density at radius 1 is 1.18 bits per heavy atom. The van der Waals surface area contributed by atoms with Gasteiger partial charge in [-0.3, -0.25) is 5.32 Å². The number of carbonyl (C=O) groups excluding carboxylic acids is 1. The van der Waals surface area contributed by atoms with Crippen LogP contribution in [-0.2, 0) is 4.74 Å². The molecule has 3 nitrogen and oxygen atoms in total. The number of benzene rings is 1. The molecule has 0 saturated carbocycles. The predicted octanol–water partition coefficient (Wildman–Crippen LogP) is 4.99. The number of hydrogen-bond acceptors (Lipinski definition) is 2. The molecular formula is C11H12Cl3NO2. The van der Waals surface area contributed by atoms with Crippen LogP contribution in [0.4, 0.5) is 10.5 Å². The van der Waals surface area contributed by atoms with Gasteiger partial charge in [0.25, 0.3) is 0 Å². The van der Waals surface area contributed by atoms with Gasteiger partial charge in [-0.05, 0) is 32.9 Å². The third-order valence-electron chi connectivity index (χ3n) is 1.67. The number of rotatable bonds is 1. The van der Waals surface area contributed by atoms with Crippen LogP contribution >= 0.6 is 34.8 Å². The SMILES string of the molecule is CC(C)(C)OC(=O)Nc1ccc(Cl)c(Cl)c1Cl. The standard InChI is InChI=1S/C11H12Cl3NO2/c1-11(2,3)17-10(16)15-7-5-4-6(12)8(13)9(7)14/h4-5H,1-3H3,(H,15,16). The molecule has 0 unspecified atom stereocenters. The molecule has 0 saturated heterocycles. The predicted molar refractivity (Wildman–Crippen MR) is 71.3 cm³/mol. The minimum Gasteiger partial charge on any atom is -0.444 e. The highest BCUT2D eigenvalue weighted by atomic mass is 35.5. The summed E-state index contributed by atoms with van der Waals surface area (Å²) in [4.78, 5) is 11.5. The Hall–Kier alpha value is -0.640. The van der Waals surface area contributed by atoms with Crippen molar-refractivity contribution >= 4 is 46.6 Å². The second kappa shape index (κ2) is 5.34. The van der Waals surface area contributed by atoms with Crippen LogP contribution in [0.2, 0.25) is 15.1 Å². The molecule has 1 aromatic rings. The van der Waals surface area contributed by atoms with Crippen LogP contribution in [0.15, 0.2) is 12.1 Å². The van der Waals surface area contributed by atoms with Crippen molar-refractivity contribution in [1.29, 1.82) is 0 Å². The molecule has 0 radical (unpaired) electrons. The first-order valence-corrected chi connectivity index (χ1v) is 5.97. The van der Waals surface area contributed by atoms with Gasteiger partial charge in [-0.2, -0.15) is 0 Å². The molecule has 1 rings (SSSR count). The maximum absolute atomic E-state index is 11.5. The molecule has 0 heterocycles. The lowest BCUT2D eigenvalue weighted by Crippen LogP contribution is -2.27. The van der Waals surface area contributed by atoms with Gasteiger partial charge in [0.15, 0.2) is 0 Å². The molecule has 0 aliphatic heterocycles. The molecule has 0 aliphatic rings. The molecule has 0 spiro atoms. The second-order valence-electron chi connectivity index (χ2n) is 4.35. The Balaban J connectivity index is 2.83. The minimum atomic E-state index is -0.599. The van der Waals surface area contributed by atoms with Crippen LogP contribution in [0.5, 0.6) is 0 Å². The maximum atomic E-state index is 11.5. The number of carbonyl (C=O) groups is 1. The van der Waals surface area contributed by atoms with Crippen molar-refractivity contribution in [1.82, 2.24) is 0 Å². The van der Waals surface area contributed by atoms with Crippen molar-refractivity contribution in [3.8, 4) is 0 Å². The van der Waals surface area contributed by atoms with Crippen LogP contribution in [0.1, 0.15) is 20.8 Å². The van der Waals surface area contributed by atoms with E-state index in [4.69, 9.17) is 39.5 Å². The molecule has 17 heavy (non-hydrogen) atoms. The number of ether oxygens (including phenoxy) is 1. The quantitative estimate of drug-likeness (QED) is 0.741. The molecular weight excluding hydrogens is 284 g/mol. The Labute approximate surface area is 115 Å². The van der Waals surface area contributed by atoms with Gasteiger partial charge in [0, 0.05) is 0 Å². The Bertz CT molecular complexity index is 441. The van der Waals surface area contributed by atoms with Crippen molar-refractivity contribution in [2.45, 2.75) is 26.4 Å². The van der Waals surface area contributed by atoms with Gasteiger partial charge >= 0.3 is 6.09 Å². The number of nitrogens with one attached hydrogen (secondary N) is 1.